The maximum absolute atomic E-state index is 4.24. The van der Waals surface area contributed by atoms with Crippen molar-refractivity contribution in [2.45, 2.75) is 77.7 Å². The van der Waals surface area contributed by atoms with E-state index in [1.165, 1.54) is 61.8 Å². The molecule has 1 nitrogen and oxygen atoms in total. The predicted octanol–water partition coefficient (Wildman–Crippen LogP) is 6.36. The van der Waals surface area contributed by atoms with Crippen molar-refractivity contribution in [3.05, 3.63) is 42.0 Å². The van der Waals surface area contributed by atoms with Crippen LogP contribution in [-0.2, 0) is 6.42 Å². The van der Waals surface area contributed by atoms with Crippen LogP contribution in [0.4, 0.5) is 5.69 Å². The normalized spacial score (nSPS) is 21.5. The molecule has 2 atom stereocenters. The second-order valence-electron chi connectivity index (χ2n) is 7.12. The summed E-state index contributed by atoms with van der Waals surface area (Å²) in [6.07, 6.45) is 11.4. The Bertz CT molecular complexity index is 463. The Hall–Kier alpha value is -1.24. The molecule has 1 aliphatic carbocycles. The first-order chi connectivity index (χ1) is 10.7. The summed E-state index contributed by atoms with van der Waals surface area (Å²) in [6, 6.07) is 9.52. The minimum absolute atomic E-state index is 0.660. The van der Waals surface area contributed by atoms with Crippen molar-refractivity contribution < 1.29 is 0 Å². The van der Waals surface area contributed by atoms with Gasteiger partial charge in [-0.3, -0.25) is 0 Å². The van der Waals surface area contributed by atoms with Crippen LogP contribution >= 0.6 is 0 Å². The van der Waals surface area contributed by atoms with Crippen LogP contribution in [0.2, 0.25) is 0 Å². The van der Waals surface area contributed by atoms with Crippen molar-refractivity contribution in [3.8, 4) is 0 Å². The molecule has 2 rings (SSSR count). The van der Waals surface area contributed by atoms with Crippen molar-refractivity contribution >= 4 is 5.69 Å². The van der Waals surface area contributed by atoms with Gasteiger partial charge in [0, 0.05) is 11.7 Å². The van der Waals surface area contributed by atoms with E-state index in [-0.39, 0.29) is 0 Å². The van der Waals surface area contributed by atoms with Crippen LogP contribution in [0.5, 0.6) is 0 Å². The SMILES string of the molecule is C=C(CCCC)CCc1ccccc1NC1CCCC(C)C1. The highest BCUT2D eigenvalue weighted by Crippen LogP contribution is 2.28. The Labute approximate surface area is 137 Å². The summed E-state index contributed by atoms with van der Waals surface area (Å²) in [5, 5.41) is 3.82. The number of benzene rings is 1. The minimum Gasteiger partial charge on any atom is -0.382 e. The largest absolute Gasteiger partial charge is 0.382 e. The Morgan fingerprint density at radius 1 is 1.23 bits per heavy atom. The highest BCUT2D eigenvalue weighted by molar-refractivity contribution is 5.52. The molecule has 0 aliphatic heterocycles. The van der Waals surface area contributed by atoms with E-state index >= 15 is 0 Å². The van der Waals surface area contributed by atoms with Gasteiger partial charge in [-0.05, 0) is 56.1 Å². The van der Waals surface area contributed by atoms with E-state index < -0.39 is 0 Å². The number of allylic oxidation sites excluding steroid dienone is 1. The quantitative estimate of drug-likeness (QED) is 0.551. The Kier molecular flexibility index (Phi) is 7.02. The van der Waals surface area contributed by atoms with Crippen LogP contribution in [-0.4, -0.2) is 6.04 Å². The van der Waals surface area contributed by atoms with Gasteiger partial charge in [-0.2, -0.15) is 0 Å². The molecule has 1 aromatic rings. The van der Waals surface area contributed by atoms with Crippen LogP contribution in [0.25, 0.3) is 0 Å². The van der Waals surface area contributed by atoms with Crippen LogP contribution in [0, 0.1) is 5.92 Å². The lowest BCUT2D eigenvalue weighted by atomic mass is 9.87. The molecule has 1 aromatic carbocycles. The van der Waals surface area contributed by atoms with Gasteiger partial charge in [0.05, 0.1) is 0 Å². The maximum Gasteiger partial charge on any atom is 0.0374 e. The molecule has 1 fully saturated rings. The molecule has 0 saturated heterocycles. The summed E-state index contributed by atoms with van der Waals surface area (Å²) in [4.78, 5) is 0. The molecule has 0 bridgehead atoms. The summed E-state index contributed by atoms with van der Waals surface area (Å²) in [6.45, 7) is 8.88. The standard InChI is InChI=1S/C21H33N/c1-4-5-9-17(2)14-15-19-11-6-7-13-21(19)22-20-12-8-10-18(3)16-20/h6-7,11,13,18,20,22H,2,4-5,8-10,12,14-16H2,1,3H3. The second-order valence-corrected chi connectivity index (χ2v) is 7.12. The van der Waals surface area contributed by atoms with Gasteiger partial charge in [0.2, 0.25) is 0 Å². The molecule has 0 heterocycles. The third-order valence-electron chi connectivity index (χ3n) is 4.95. The van der Waals surface area contributed by atoms with Crippen LogP contribution < -0.4 is 5.32 Å². The van der Waals surface area contributed by atoms with Crippen molar-refractivity contribution in [3.63, 3.8) is 0 Å². The van der Waals surface area contributed by atoms with E-state index in [0.717, 1.165) is 18.8 Å². The molecule has 0 amide bonds. The van der Waals surface area contributed by atoms with Crippen molar-refractivity contribution in [2.75, 3.05) is 5.32 Å². The fourth-order valence-electron chi connectivity index (χ4n) is 3.53. The van der Waals surface area contributed by atoms with Crippen LogP contribution in [0.1, 0.15) is 70.8 Å². The van der Waals surface area contributed by atoms with Gasteiger partial charge in [0.1, 0.15) is 0 Å². The molecule has 1 N–H and O–H groups in total. The number of hydrogen-bond acceptors (Lipinski definition) is 1. The molecule has 0 aromatic heterocycles. The van der Waals surface area contributed by atoms with Gasteiger partial charge >= 0.3 is 0 Å². The van der Waals surface area contributed by atoms with Gasteiger partial charge in [0.15, 0.2) is 0 Å². The van der Waals surface area contributed by atoms with E-state index in [0.29, 0.717) is 6.04 Å². The summed E-state index contributed by atoms with van der Waals surface area (Å²) in [7, 11) is 0. The molecule has 1 heteroatoms. The molecular formula is C21H33N. The van der Waals surface area contributed by atoms with Crippen molar-refractivity contribution in [2.24, 2.45) is 5.92 Å². The predicted molar refractivity (Wildman–Crippen MR) is 98.5 cm³/mol. The molecule has 0 radical (unpaired) electrons. The number of aryl methyl sites for hydroxylation is 1. The van der Waals surface area contributed by atoms with Gasteiger partial charge in [0.25, 0.3) is 0 Å². The number of para-hydroxylation sites is 1. The average Bonchev–Trinajstić information content (AvgIpc) is 2.52. The van der Waals surface area contributed by atoms with Crippen LogP contribution in [0.15, 0.2) is 36.4 Å². The van der Waals surface area contributed by atoms with Gasteiger partial charge in [-0.1, -0.05) is 63.5 Å². The lowest BCUT2D eigenvalue weighted by molar-refractivity contribution is 0.358. The highest BCUT2D eigenvalue weighted by Gasteiger charge is 2.19. The molecular weight excluding hydrogens is 266 g/mol. The smallest absolute Gasteiger partial charge is 0.0374 e. The lowest BCUT2D eigenvalue weighted by Crippen LogP contribution is -2.26. The Morgan fingerprint density at radius 3 is 2.82 bits per heavy atom. The lowest BCUT2D eigenvalue weighted by Gasteiger charge is -2.29. The second kappa shape index (κ2) is 9.02. The third kappa shape index (κ3) is 5.51. The molecule has 1 aliphatic rings. The van der Waals surface area contributed by atoms with Gasteiger partial charge in [-0.15, -0.1) is 0 Å². The number of rotatable bonds is 8. The first kappa shape index (κ1) is 17.1. The zero-order chi connectivity index (χ0) is 15.8. The first-order valence-electron chi connectivity index (χ1n) is 9.20. The van der Waals surface area contributed by atoms with E-state index in [2.05, 4.69) is 50.0 Å². The summed E-state index contributed by atoms with van der Waals surface area (Å²) in [5.74, 6) is 0.868. The average molecular weight is 300 g/mol. The zero-order valence-corrected chi connectivity index (χ0v) is 14.5. The molecule has 2 unspecified atom stereocenters. The fourth-order valence-corrected chi connectivity index (χ4v) is 3.53. The summed E-state index contributed by atoms with van der Waals surface area (Å²) >= 11 is 0. The zero-order valence-electron chi connectivity index (χ0n) is 14.5. The molecule has 22 heavy (non-hydrogen) atoms. The van der Waals surface area contributed by atoms with E-state index in [1.54, 1.807) is 0 Å². The number of nitrogens with one attached hydrogen (secondary N) is 1. The monoisotopic (exact) mass is 299 g/mol. The van der Waals surface area contributed by atoms with E-state index in [4.69, 9.17) is 0 Å². The highest BCUT2D eigenvalue weighted by atomic mass is 14.9. The van der Waals surface area contributed by atoms with Crippen LogP contribution in [0.3, 0.4) is 0 Å². The van der Waals surface area contributed by atoms with Crippen molar-refractivity contribution in [1.82, 2.24) is 0 Å². The number of hydrogen-bond donors (Lipinski definition) is 1. The molecule has 1 saturated carbocycles. The summed E-state index contributed by atoms with van der Waals surface area (Å²) < 4.78 is 0. The Balaban J connectivity index is 1.90. The van der Waals surface area contributed by atoms with Crippen molar-refractivity contribution in [1.29, 1.82) is 0 Å². The third-order valence-corrected chi connectivity index (χ3v) is 4.95. The minimum atomic E-state index is 0.660. The maximum atomic E-state index is 4.24. The Morgan fingerprint density at radius 2 is 2.05 bits per heavy atom. The molecule has 0 spiro atoms. The molecule has 122 valence electrons. The van der Waals surface area contributed by atoms with Gasteiger partial charge in [-0.25, -0.2) is 0 Å². The van der Waals surface area contributed by atoms with E-state index in [1.807, 2.05) is 0 Å². The van der Waals surface area contributed by atoms with Gasteiger partial charge < -0.3 is 5.32 Å². The number of unbranched alkanes of at least 4 members (excludes halogenated alkanes) is 1. The topological polar surface area (TPSA) is 12.0 Å². The fraction of sp³-hybridized carbons (Fsp3) is 0.619. The number of anilines is 1. The van der Waals surface area contributed by atoms with E-state index in [9.17, 15) is 0 Å². The summed E-state index contributed by atoms with van der Waals surface area (Å²) in [5.41, 5.74) is 4.21. The first-order valence-corrected chi connectivity index (χ1v) is 9.20.